The molecule has 3 heterocycles. The summed E-state index contributed by atoms with van der Waals surface area (Å²) in [5.74, 6) is 1.42. The summed E-state index contributed by atoms with van der Waals surface area (Å²) in [6.45, 7) is 9.36. The molecule has 1 N–H and O–H groups in total. The number of carbonyl (C=O) groups excluding carboxylic acids is 1. The van der Waals surface area contributed by atoms with Crippen molar-refractivity contribution < 1.29 is 9.53 Å². The number of ether oxygens (including phenoxy) is 1. The van der Waals surface area contributed by atoms with Crippen LogP contribution in [-0.4, -0.2) is 39.7 Å². The summed E-state index contributed by atoms with van der Waals surface area (Å²) in [4.78, 5) is 23.0. The van der Waals surface area contributed by atoms with Crippen molar-refractivity contribution in [3.05, 3.63) is 35.0 Å². The van der Waals surface area contributed by atoms with Crippen LogP contribution in [0.4, 0.5) is 15.7 Å². The monoisotopic (exact) mass is 402 g/mol. The fourth-order valence-corrected chi connectivity index (χ4v) is 3.92. The molecule has 1 saturated heterocycles. The van der Waals surface area contributed by atoms with Gasteiger partial charge in [-0.05, 0) is 70.1 Å². The summed E-state index contributed by atoms with van der Waals surface area (Å²) in [5.41, 5.74) is 1.94. The number of carbonyl (C=O) groups is 1. The Labute approximate surface area is 171 Å². The lowest BCUT2D eigenvalue weighted by molar-refractivity contribution is 0.0184. The Hall–Kier alpha value is -2.15. The van der Waals surface area contributed by atoms with Crippen molar-refractivity contribution in [2.45, 2.75) is 59.0 Å². The second-order valence-electron chi connectivity index (χ2n) is 8.28. The van der Waals surface area contributed by atoms with Crippen LogP contribution in [0, 0.1) is 5.92 Å². The number of nitrogens with zero attached hydrogens (tertiary/aromatic N) is 3. The number of nitrogens with one attached hydrogen (secondary N) is 1. The van der Waals surface area contributed by atoms with E-state index in [1.807, 2.05) is 31.1 Å². The fourth-order valence-electron chi connectivity index (χ4n) is 3.39. The predicted octanol–water partition coefficient (Wildman–Crippen LogP) is 5.03. The zero-order valence-corrected chi connectivity index (χ0v) is 18.0. The van der Waals surface area contributed by atoms with Crippen LogP contribution >= 0.6 is 11.3 Å². The van der Waals surface area contributed by atoms with Crippen LogP contribution in [0.5, 0.6) is 0 Å². The molecule has 1 amide bonds. The molecule has 1 aliphatic rings. The molecule has 152 valence electrons. The van der Waals surface area contributed by atoms with Crippen LogP contribution < -0.4 is 5.32 Å². The Kier molecular flexibility index (Phi) is 6.54. The van der Waals surface area contributed by atoms with Crippen molar-refractivity contribution in [3.8, 4) is 0 Å². The first kappa shape index (κ1) is 20.6. The Balaban J connectivity index is 1.59. The number of hydrogen-bond acceptors (Lipinski definition) is 6. The maximum atomic E-state index is 12.2. The van der Waals surface area contributed by atoms with Crippen LogP contribution in [0.1, 0.15) is 51.8 Å². The third-order valence-electron chi connectivity index (χ3n) is 4.76. The van der Waals surface area contributed by atoms with Crippen molar-refractivity contribution in [1.29, 1.82) is 0 Å². The summed E-state index contributed by atoms with van der Waals surface area (Å²) in [5, 5.41) is 6.12. The summed E-state index contributed by atoms with van der Waals surface area (Å²) >= 11 is 1.57. The number of aryl methyl sites for hydroxylation is 1. The second kappa shape index (κ2) is 8.90. The first-order valence-corrected chi connectivity index (χ1v) is 10.8. The van der Waals surface area contributed by atoms with Crippen molar-refractivity contribution in [2.24, 2.45) is 5.92 Å². The average Bonchev–Trinajstić information content (AvgIpc) is 3.13. The summed E-state index contributed by atoms with van der Waals surface area (Å²) < 4.78 is 5.49. The van der Waals surface area contributed by atoms with Crippen molar-refractivity contribution in [1.82, 2.24) is 14.9 Å². The number of piperidine rings is 1. The lowest BCUT2D eigenvalue weighted by Gasteiger charge is -2.33. The van der Waals surface area contributed by atoms with Gasteiger partial charge in [0, 0.05) is 30.4 Å². The topological polar surface area (TPSA) is 67.3 Å². The summed E-state index contributed by atoms with van der Waals surface area (Å²) in [7, 11) is 0. The molecule has 0 atom stereocenters. The number of hydrogen-bond donors (Lipinski definition) is 1. The highest BCUT2D eigenvalue weighted by molar-refractivity contribution is 7.13. The molecule has 6 nitrogen and oxygen atoms in total. The SMILES string of the molecule is CCc1cc(CC2CCN(C(=O)OC(C)(C)C)CC2)cc(Nc2nccs2)n1. The molecule has 0 bridgehead atoms. The van der Waals surface area contributed by atoms with Crippen LogP contribution in [0.3, 0.4) is 0 Å². The minimum Gasteiger partial charge on any atom is -0.444 e. The molecule has 7 heteroatoms. The van der Waals surface area contributed by atoms with Gasteiger partial charge in [-0.25, -0.2) is 14.8 Å². The fraction of sp³-hybridized carbons (Fsp3) is 0.571. The lowest BCUT2D eigenvalue weighted by Crippen LogP contribution is -2.42. The number of rotatable bonds is 5. The molecule has 0 radical (unpaired) electrons. The third kappa shape index (κ3) is 5.92. The molecule has 1 fully saturated rings. The number of amides is 1. The third-order valence-corrected chi connectivity index (χ3v) is 5.45. The van der Waals surface area contributed by atoms with Gasteiger partial charge in [-0.15, -0.1) is 11.3 Å². The van der Waals surface area contributed by atoms with Gasteiger partial charge >= 0.3 is 6.09 Å². The van der Waals surface area contributed by atoms with Crippen molar-refractivity contribution in [2.75, 3.05) is 18.4 Å². The van der Waals surface area contributed by atoms with E-state index in [2.05, 4.69) is 34.3 Å². The minimum absolute atomic E-state index is 0.196. The van der Waals surface area contributed by atoms with Crippen LogP contribution in [0.25, 0.3) is 0 Å². The Morgan fingerprint density at radius 3 is 2.68 bits per heavy atom. The Bertz CT molecular complexity index is 778. The number of aromatic nitrogens is 2. The number of pyridine rings is 1. The molecule has 2 aromatic rings. The zero-order chi connectivity index (χ0) is 20.1. The quantitative estimate of drug-likeness (QED) is 0.759. The van der Waals surface area contributed by atoms with E-state index in [0.717, 1.165) is 55.4 Å². The van der Waals surface area contributed by atoms with Gasteiger partial charge < -0.3 is 15.0 Å². The van der Waals surface area contributed by atoms with Crippen LogP contribution in [0.15, 0.2) is 23.7 Å². The van der Waals surface area contributed by atoms with E-state index in [0.29, 0.717) is 5.92 Å². The number of thiazole rings is 1. The molecular weight excluding hydrogens is 372 g/mol. The maximum absolute atomic E-state index is 12.2. The average molecular weight is 403 g/mol. The smallest absolute Gasteiger partial charge is 0.410 e. The molecule has 3 rings (SSSR count). The van der Waals surface area contributed by atoms with Gasteiger partial charge in [0.2, 0.25) is 0 Å². The highest BCUT2D eigenvalue weighted by atomic mass is 32.1. The van der Waals surface area contributed by atoms with Crippen LogP contribution in [-0.2, 0) is 17.6 Å². The molecule has 0 saturated carbocycles. The summed E-state index contributed by atoms with van der Waals surface area (Å²) in [6, 6.07) is 4.33. The van der Waals surface area contributed by atoms with E-state index in [1.165, 1.54) is 5.56 Å². The van der Waals surface area contributed by atoms with E-state index in [4.69, 9.17) is 4.74 Å². The maximum Gasteiger partial charge on any atom is 0.410 e. The van der Waals surface area contributed by atoms with Gasteiger partial charge in [0.05, 0.1) is 0 Å². The van der Waals surface area contributed by atoms with E-state index in [1.54, 1.807) is 17.5 Å². The van der Waals surface area contributed by atoms with Gasteiger partial charge in [-0.1, -0.05) is 6.92 Å². The molecule has 0 unspecified atom stereocenters. The Morgan fingerprint density at radius 1 is 1.32 bits per heavy atom. The predicted molar refractivity (Wildman–Crippen MR) is 113 cm³/mol. The van der Waals surface area contributed by atoms with Crippen LogP contribution in [0.2, 0.25) is 0 Å². The van der Waals surface area contributed by atoms with E-state index < -0.39 is 5.60 Å². The second-order valence-corrected chi connectivity index (χ2v) is 9.18. The van der Waals surface area contributed by atoms with Gasteiger partial charge in [-0.3, -0.25) is 0 Å². The normalized spacial score (nSPS) is 15.5. The van der Waals surface area contributed by atoms with Gasteiger partial charge in [0.15, 0.2) is 5.13 Å². The largest absolute Gasteiger partial charge is 0.444 e. The number of anilines is 2. The summed E-state index contributed by atoms with van der Waals surface area (Å²) in [6.07, 6.45) is 5.49. The van der Waals surface area contributed by atoms with E-state index in [-0.39, 0.29) is 6.09 Å². The highest BCUT2D eigenvalue weighted by Gasteiger charge is 2.27. The standard InChI is InChI=1S/C21H30N4O2S/c1-5-17-13-16(14-18(23-17)24-19-22-8-11-28-19)12-15-6-9-25(10-7-15)20(26)27-21(2,3)4/h8,11,13-15H,5-7,9-10,12H2,1-4H3,(H,22,23,24). The molecule has 0 aliphatic carbocycles. The van der Waals surface area contributed by atoms with Gasteiger partial charge in [0.1, 0.15) is 11.4 Å². The first-order chi connectivity index (χ1) is 13.3. The zero-order valence-electron chi connectivity index (χ0n) is 17.2. The van der Waals surface area contributed by atoms with E-state index >= 15 is 0 Å². The van der Waals surface area contributed by atoms with Crippen molar-refractivity contribution >= 4 is 28.4 Å². The highest BCUT2D eigenvalue weighted by Crippen LogP contribution is 2.25. The molecule has 1 aliphatic heterocycles. The molecule has 0 spiro atoms. The van der Waals surface area contributed by atoms with E-state index in [9.17, 15) is 4.79 Å². The van der Waals surface area contributed by atoms with Gasteiger partial charge in [-0.2, -0.15) is 0 Å². The minimum atomic E-state index is -0.442. The first-order valence-electron chi connectivity index (χ1n) is 9.96. The molecule has 0 aromatic carbocycles. The molecule has 28 heavy (non-hydrogen) atoms. The molecular formula is C21H30N4O2S. The Morgan fingerprint density at radius 2 is 2.07 bits per heavy atom. The van der Waals surface area contributed by atoms with Gasteiger partial charge in [0.25, 0.3) is 0 Å². The lowest BCUT2D eigenvalue weighted by atomic mass is 9.90. The number of likely N-dealkylation sites (tertiary alicyclic amines) is 1. The van der Waals surface area contributed by atoms with Crippen molar-refractivity contribution in [3.63, 3.8) is 0 Å². The molecule has 2 aromatic heterocycles.